The normalized spacial score (nSPS) is 30.9. The molecule has 1 aliphatic carbocycles. The van der Waals surface area contributed by atoms with E-state index in [4.69, 9.17) is 28.4 Å². The largest absolute Gasteiger partial charge is 0.469 e. The average molecular weight is 547 g/mol. The van der Waals surface area contributed by atoms with E-state index in [1.807, 2.05) is 0 Å². The molecule has 2 aliphatic rings. The van der Waals surface area contributed by atoms with Gasteiger partial charge in [-0.15, -0.1) is 0 Å². The fraction of sp³-hybridized carbons (Fsp3) is 0.727. The predicted octanol–water partition coefficient (Wildman–Crippen LogP) is -0.748. The molecule has 1 heterocycles. The van der Waals surface area contributed by atoms with Gasteiger partial charge in [0.15, 0.2) is 24.6 Å². The van der Waals surface area contributed by atoms with Crippen molar-refractivity contribution in [3.05, 3.63) is 10.1 Å². The monoisotopic (exact) mass is 547 g/mol. The second kappa shape index (κ2) is 13.2. The molecule has 0 bridgehead atoms. The van der Waals surface area contributed by atoms with E-state index in [9.17, 15) is 38.9 Å². The summed E-state index contributed by atoms with van der Waals surface area (Å²) in [5.74, 6) is -6.43. The smallest absolute Gasteiger partial charge is 0.316 e. The van der Waals surface area contributed by atoms with Crippen LogP contribution in [0.3, 0.4) is 0 Å². The van der Waals surface area contributed by atoms with Gasteiger partial charge in [0.1, 0.15) is 30.5 Å². The third kappa shape index (κ3) is 7.92. The number of hydrogen-bond donors (Lipinski definition) is 0. The molecule has 212 valence electrons. The zero-order valence-electron chi connectivity index (χ0n) is 21.3. The van der Waals surface area contributed by atoms with Gasteiger partial charge in [-0.2, -0.15) is 0 Å². The van der Waals surface area contributed by atoms with Crippen LogP contribution in [0, 0.1) is 16.0 Å². The molecule has 1 saturated carbocycles. The first kappa shape index (κ1) is 30.6. The molecule has 1 aliphatic heterocycles. The summed E-state index contributed by atoms with van der Waals surface area (Å²) in [5.41, 5.74) is 0. The van der Waals surface area contributed by atoms with E-state index in [-0.39, 0.29) is 0 Å². The van der Waals surface area contributed by atoms with E-state index < -0.39 is 109 Å². The Labute approximate surface area is 216 Å². The summed E-state index contributed by atoms with van der Waals surface area (Å²) in [6.45, 7) is 3.60. The number of carbonyl (C=O) groups excluding carboxylic acids is 6. The highest BCUT2D eigenvalue weighted by Crippen LogP contribution is 2.34. The third-order valence-electron chi connectivity index (χ3n) is 5.67. The fourth-order valence-corrected chi connectivity index (χ4v) is 4.31. The lowest BCUT2D eigenvalue weighted by molar-refractivity contribution is -0.547. The van der Waals surface area contributed by atoms with Gasteiger partial charge in [0, 0.05) is 45.5 Å². The molecule has 0 N–H and O–H groups in total. The van der Waals surface area contributed by atoms with Crippen LogP contribution in [0.2, 0.25) is 0 Å². The van der Waals surface area contributed by atoms with Crippen molar-refractivity contribution in [1.29, 1.82) is 0 Å². The standard InChI is InChI=1S/C22H29NO15/c1-9(24)33-8-16-18(34-10(2)25)19(35-11(3)26)20(36-12(4)27)22(38-16)37-15-7-13(28)6-14(21(29)32-5)17(15)23(30)31/h14-20,22H,6-8H2,1-5H3/t14-,15+,16+,17+,18+,19-,20+,22+/m0/s1. The van der Waals surface area contributed by atoms with E-state index in [0.717, 1.165) is 34.8 Å². The number of nitro groups is 1. The van der Waals surface area contributed by atoms with Gasteiger partial charge in [-0.1, -0.05) is 0 Å². The van der Waals surface area contributed by atoms with Gasteiger partial charge in [-0.25, -0.2) is 0 Å². The van der Waals surface area contributed by atoms with Gasteiger partial charge in [0.05, 0.1) is 7.11 Å². The molecule has 0 aromatic carbocycles. The summed E-state index contributed by atoms with van der Waals surface area (Å²) in [5, 5.41) is 11.9. The van der Waals surface area contributed by atoms with Crippen LogP contribution in [0.1, 0.15) is 40.5 Å². The molecule has 0 amide bonds. The Bertz CT molecular complexity index is 964. The number of esters is 5. The lowest BCUT2D eigenvalue weighted by atomic mass is 9.81. The van der Waals surface area contributed by atoms with Crippen molar-refractivity contribution in [3.63, 3.8) is 0 Å². The Balaban J connectivity index is 2.53. The summed E-state index contributed by atoms with van der Waals surface area (Å²) >= 11 is 0. The first-order valence-electron chi connectivity index (χ1n) is 11.4. The highest BCUT2D eigenvalue weighted by Gasteiger charge is 2.56. The number of carbonyl (C=O) groups is 6. The third-order valence-corrected chi connectivity index (χ3v) is 5.67. The summed E-state index contributed by atoms with van der Waals surface area (Å²) in [6, 6.07) is -1.76. The number of nitrogens with zero attached hydrogens (tertiary/aromatic N) is 1. The van der Waals surface area contributed by atoms with Crippen molar-refractivity contribution in [2.75, 3.05) is 13.7 Å². The Kier molecular flexibility index (Phi) is 10.6. The average Bonchev–Trinajstić information content (AvgIpc) is 2.79. The molecule has 0 aromatic heterocycles. The van der Waals surface area contributed by atoms with Crippen LogP contribution in [0.25, 0.3) is 0 Å². The summed E-state index contributed by atoms with van der Waals surface area (Å²) in [7, 11) is 1.01. The Morgan fingerprint density at radius 3 is 1.95 bits per heavy atom. The molecule has 8 atom stereocenters. The molecule has 0 spiro atoms. The summed E-state index contributed by atoms with van der Waals surface area (Å²) in [4.78, 5) is 82.8. The lowest BCUT2D eigenvalue weighted by Gasteiger charge is -2.45. The van der Waals surface area contributed by atoms with E-state index in [0.29, 0.717) is 0 Å². The molecule has 16 heteroatoms. The Morgan fingerprint density at radius 2 is 1.45 bits per heavy atom. The molecule has 0 radical (unpaired) electrons. The SMILES string of the molecule is COC(=O)[C@H]1CC(=O)C[C@@H](O[C@@H]2O[C@H](COC(C)=O)[C@@H](OC(C)=O)[C@H](OC(C)=O)[C@H]2OC(C)=O)[C@@H]1[N+](=O)[O-]. The number of methoxy groups -OCH3 is 1. The number of rotatable bonds is 9. The molecule has 2 rings (SSSR count). The van der Waals surface area contributed by atoms with Gasteiger partial charge in [0.25, 0.3) is 6.04 Å². The number of ether oxygens (including phenoxy) is 7. The van der Waals surface area contributed by atoms with Gasteiger partial charge in [-0.05, 0) is 0 Å². The lowest BCUT2D eigenvalue weighted by Crippen LogP contribution is -2.64. The van der Waals surface area contributed by atoms with Gasteiger partial charge in [-0.3, -0.25) is 38.9 Å². The van der Waals surface area contributed by atoms with E-state index in [2.05, 4.69) is 4.74 Å². The first-order valence-corrected chi connectivity index (χ1v) is 11.4. The van der Waals surface area contributed by atoms with Crippen LogP contribution in [0.4, 0.5) is 0 Å². The van der Waals surface area contributed by atoms with Crippen LogP contribution in [-0.2, 0) is 61.9 Å². The molecular formula is C22H29NO15. The fourth-order valence-electron chi connectivity index (χ4n) is 4.31. The minimum Gasteiger partial charge on any atom is -0.469 e. The van der Waals surface area contributed by atoms with Crippen molar-refractivity contribution in [1.82, 2.24) is 0 Å². The summed E-state index contributed by atoms with van der Waals surface area (Å²) in [6.07, 6.45) is -10.4. The molecule has 1 saturated heterocycles. The second-order valence-corrected chi connectivity index (χ2v) is 8.59. The van der Waals surface area contributed by atoms with Crippen molar-refractivity contribution < 1.29 is 66.8 Å². The second-order valence-electron chi connectivity index (χ2n) is 8.59. The number of ketones is 1. The quantitative estimate of drug-likeness (QED) is 0.150. The maximum absolute atomic E-state index is 12.4. The first-order chi connectivity index (χ1) is 17.7. The molecular weight excluding hydrogens is 518 g/mol. The van der Waals surface area contributed by atoms with Crippen molar-refractivity contribution in [3.8, 4) is 0 Å². The van der Waals surface area contributed by atoms with Gasteiger partial charge >= 0.3 is 29.8 Å². The zero-order valence-corrected chi connectivity index (χ0v) is 21.3. The van der Waals surface area contributed by atoms with Crippen LogP contribution >= 0.6 is 0 Å². The minimum absolute atomic E-state index is 0.462. The summed E-state index contributed by atoms with van der Waals surface area (Å²) < 4.78 is 36.9. The van der Waals surface area contributed by atoms with Gasteiger partial charge in [0.2, 0.25) is 0 Å². The van der Waals surface area contributed by atoms with E-state index >= 15 is 0 Å². The highest BCUT2D eigenvalue weighted by atomic mass is 16.7. The van der Waals surface area contributed by atoms with Crippen molar-refractivity contribution >= 4 is 35.6 Å². The maximum atomic E-state index is 12.4. The van der Waals surface area contributed by atoms with Crippen molar-refractivity contribution in [2.45, 2.75) is 83.4 Å². The zero-order chi connectivity index (χ0) is 28.7. The Hall–Kier alpha value is -3.66. The molecule has 0 aromatic rings. The van der Waals surface area contributed by atoms with Crippen LogP contribution in [0.5, 0.6) is 0 Å². The molecule has 0 unspecified atom stereocenters. The van der Waals surface area contributed by atoms with Crippen molar-refractivity contribution in [2.24, 2.45) is 5.92 Å². The molecule has 38 heavy (non-hydrogen) atoms. The minimum atomic E-state index is -1.76. The van der Waals surface area contributed by atoms with Gasteiger partial charge < -0.3 is 33.2 Å². The van der Waals surface area contributed by atoms with Crippen LogP contribution in [-0.4, -0.2) is 97.1 Å². The molecule has 16 nitrogen and oxygen atoms in total. The van der Waals surface area contributed by atoms with Crippen LogP contribution in [0.15, 0.2) is 0 Å². The predicted molar refractivity (Wildman–Crippen MR) is 117 cm³/mol. The number of Topliss-reactive ketones (excluding diaryl/α,β-unsaturated/α-hetero) is 1. The maximum Gasteiger partial charge on any atom is 0.316 e. The topological polar surface area (TPSA) is 210 Å². The van der Waals surface area contributed by atoms with E-state index in [1.165, 1.54) is 0 Å². The van der Waals surface area contributed by atoms with Crippen LogP contribution < -0.4 is 0 Å². The number of hydrogen-bond acceptors (Lipinski definition) is 15. The highest BCUT2D eigenvalue weighted by molar-refractivity contribution is 5.86. The van der Waals surface area contributed by atoms with E-state index in [1.54, 1.807) is 0 Å². The molecule has 2 fully saturated rings. The Morgan fingerprint density at radius 1 is 0.895 bits per heavy atom.